The number of sulfonamides is 1. The number of para-hydroxylation sites is 1. The summed E-state index contributed by atoms with van der Waals surface area (Å²) in [6.07, 6.45) is 0. The molecule has 28 heavy (non-hydrogen) atoms. The van der Waals surface area contributed by atoms with Gasteiger partial charge >= 0.3 is 5.38 Å². The minimum atomic E-state index is -4.20. The van der Waals surface area contributed by atoms with Gasteiger partial charge in [0.25, 0.3) is 0 Å². The quantitative estimate of drug-likeness (QED) is 0.625. The van der Waals surface area contributed by atoms with Crippen molar-refractivity contribution in [1.29, 1.82) is 0 Å². The summed E-state index contributed by atoms with van der Waals surface area (Å²) in [5.74, 6) is -0.797. The number of hydrogen-bond donors (Lipinski definition) is 1. The Hall–Kier alpha value is -2.56. The topological polar surface area (TPSA) is 87.2 Å². The molecule has 3 aromatic rings. The van der Waals surface area contributed by atoms with Gasteiger partial charge < -0.3 is 4.74 Å². The van der Waals surface area contributed by atoms with E-state index >= 15 is 0 Å². The Kier molecular flexibility index (Phi) is 5.13. The van der Waals surface area contributed by atoms with Crippen LogP contribution in [0.3, 0.4) is 0 Å². The molecule has 0 aliphatic heterocycles. The molecule has 0 fully saturated rings. The maximum absolute atomic E-state index is 14.1. The number of primary sulfonamides is 1. The van der Waals surface area contributed by atoms with Crippen LogP contribution in [0, 0.1) is 5.82 Å². The lowest BCUT2D eigenvalue weighted by Crippen LogP contribution is -2.16. The number of benzene rings is 2. The third-order valence-corrected chi connectivity index (χ3v) is 5.00. The number of nitrogens with zero attached hydrogens (tertiary/aromatic N) is 2. The monoisotopic (exact) mass is 431 g/mol. The van der Waals surface area contributed by atoms with Crippen molar-refractivity contribution in [3.8, 4) is 22.7 Å². The maximum Gasteiger partial charge on any atom is 0.366 e. The summed E-state index contributed by atoms with van der Waals surface area (Å²) in [6, 6.07) is 10.1. The van der Waals surface area contributed by atoms with Crippen molar-refractivity contribution in [3.05, 3.63) is 60.0 Å². The van der Waals surface area contributed by atoms with Gasteiger partial charge in [0.2, 0.25) is 10.0 Å². The highest BCUT2D eigenvalue weighted by atomic mass is 35.5. The minimum absolute atomic E-state index is 0.0204. The molecule has 0 atom stereocenters. The molecule has 0 aliphatic rings. The fraction of sp³-hybridized carbons (Fsp3) is 0.118. The van der Waals surface area contributed by atoms with Crippen molar-refractivity contribution in [2.45, 2.75) is 10.3 Å². The first kappa shape index (κ1) is 20.2. The van der Waals surface area contributed by atoms with E-state index in [-0.39, 0.29) is 27.6 Å². The predicted molar refractivity (Wildman–Crippen MR) is 96.6 cm³/mol. The largest absolute Gasteiger partial charge is 0.494 e. The van der Waals surface area contributed by atoms with Gasteiger partial charge in [-0.15, -0.1) is 0 Å². The van der Waals surface area contributed by atoms with E-state index in [0.29, 0.717) is 0 Å². The average molecular weight is 432 g/mol. The molecule has 2 N–H and O–H groups in total. The fourth-order valence-corrected chi connectivity index (χ4v) is 3.41. The molecule has 0 bridgehead atoms. The Morgan fingerprint density at radius 1 is 1.18 bits per heavy atom. The van der Waals surface area contributed by atoms with Gasteiger partial charge in [-0.25, -0.2) is 22.6 Å². The van der Waals surface area contributed by atoms with Gasteiger partial charge in [-0.1, -0.05) is 12.1 Å². The highest BCUT2D eigenvalue weighted by molar-refractivity contribution is 7.89. The molecule has 2 aromatic carbocycles. The molecule has 148 valence electrons. The van der Waals surface area contributed by atoms with Crippen molar-refractivity contribution in [1.82, 2.24) is 9.78 Å². The van der Waals surface area contributed by atoms with Crippen LogP contribution in [0.4, 0.5) is 13.2 Å². The van der Waals surface area contributed by atoms with Crippen molar-refractivity contribution < 1.29 is 26.3 Å². The Balaban J connectivity index is 2.31. The summed E-state index contributed by atoms with van der Waals surface area (Å²) < 4.78 is 71.0. The molecule has 0 saturated carbocycles. The first-order chi connectivity index (χ1) is 13.0. The molecule has 1 aromatic heterocycles. The number of ether oxygens (including phenoxy) is 1. The van der Waals surface area contributed by atoms with E-state index in [1.807, 2.05) is 0 Å². The third-order valence-electron chi connectivity index (χ3n) is 3.85. The van der Waals surface area contributed by atoms with Gasteiger partial charge in [0.1, 0.15) is 10.6 Å². The maximum atomic E-state index is 14.1. The minimum Gasteiger partial charge on any atom is -0.494 e. The zero-order valence-electron chi connectivity index (χ0n) is 14.2. The van der Waals surface area contributed by atoms with Gasteiger partial charge in [0.05, 0.1) is 18.5 Å². The number of rotatable bonds is 5. The van der Waals surface area contributed by atoms with Gasteiger partial charge in [-0.05, 0) is 48.0 Å². The summed E-state index contributed by atoms with van der Waals surface area (Å²) in [5, 5.41) is 5.12. The highest BCUT2D eigenvalue weighted by Gasteiger charge is 2.33. The van der Waals surface area contributed by atoms with Crippen molar-refractivity contribution in [2.75, 3.05) is 7.11 Å². The molecule has 0 amide bonds. The van der Waals surface area contributed by atoms with E-state index in [9.17, 15) is 21.6 Å². The van der Waals surface area contributed by atoms with Gasteiger partial charge in [0, 0.05) is 5.56 Å². The molecule has 1 heterocycles. The predicted octanol–water partition coefficient (Wildman–Crippen LogP) is 3.62. The lowest BCUT2D eigenvalue weighted by Gasteiger charge is -2.12. The molecular weight excluding hydrogens is 419 g/mol. The van der Waals surface area contributed by atoms with Crippen LogP contribution in [0.2, 0.25) is 0 Å². The van der Waals surface area contributed by atoms with E-state index in [4.69, 9.17) is 21.5 Å². The van der Waals surface area contributed by atoms with Gasteiger partial charge in [-0.3, -0.25) is 0 Å². The first-order valence-corrected chi connectivity index (χ1v) is 9.58. The molecule has 0 aliphatic carbocycles. The van der Waals surface area contributed by atoms with Crippen LogP contribution in [-0.4, -0.2) is 25.3 Å². The second-order valence-corrected chi connectivity index (χ2v) is 7.69. The molecule has 0 radical (unpaired) electrons. The van der Waals surface area contributed by atoms with Gasteiger partial charge in [0.15, 0.2) is 11.6 Å². The summed E-state index contributed by atoms with van der Waals surface area (Å²) in [4.78, 5) is -0.349. The summed E-state index contributed by atoms with van der Waals surface area (Å²) >= 11 is 5.08. The molecule has 6 nitrogen and oxygen atoms in total. The summed E-state index contributed by atoms with van der Waals surface area (Å²) in [7, 11) is -2.93. The Morgan fingerprint density at radius 2 is 1.86 bits per heavy atom. The second kappa shape index (κ2) is 7.12. The number of aromatic nitrogens is 2. The second-order valence-electron chi connectivity index (χ2n) is 5.69. The zero-order chi connectivity index (χ0) is 20.7. The fourth-order valence-electron chi connectivity index (χ4n) is 2.61. The molecule has 11 heteroatoms. The number of nitrogens with two attached hydrogens (primary N) is 1. The van der Waals surface area contributed by atoms with Crippen LogP contribution in [0.1, 0.15) is 5.69 Å². The smallest absolute Gasteiger partial charge is 0.366 e. The van der Waals surface area contributed by atoms with E-state index in [1.165, 1.54) is 43.5 Å². The van der Waals surface area contributed by atoms with E-state index in [1.54, 1.807) is 0 Å². The lowest BCUT2D eigenvalue weighted by atomic mass is 10.1. The van der Waals surface area contributed by atoms with Crippen molar-refractivity contribution in [2.24, 2.45) is 5.14 Å². The first-order valence-electron chi connectivity index (χ1n) is 7.66. The van der Waals surface area contributed by atoms with Crippen LogP contribution in [0.15, 0.2) is 53.4 Å². The number of hydrogen-bond acceptors (Lipinski definition) is 4. The van der Waals surface area contributed by atoms with Crippen molar-refractivity contribution >= 4 is 21.6 Å². The molecule has 3 rings (SSSR count). The summed E-state index contributed by atoms with van der Waals surface area (Å²) in [6.45, 7) is 0. The van der Waals surface area contributed by atoms with E-state index in [2.05, 4.69) is 5.10 Å². The van der Waals surface area contributed by atoms with Crippen LogP contribution >= 0.6 is 11.6 Å². The third kappa shape index (κ3) is 3.84. The zero-order valence-corrected chi connectivity index (χ0v) is 15.8. The van der Waals surface area contributed by atoms with Gasteiger partial charge in [-0.2, -0.15) is 13.9 Å². The normalized spacial score (nSPS) is 12.2. The number of alkyl halides is 3. The molecule has 0 spiro atoms. The molecule has 0 saturated heterocycles. The summed E-state index contributed by atoms with van der Waals surface area (Å²) in [5.41, 5.74) is -0.817. The Bertz CT molecular complexity index is 1140. The Morgan fingerprint density at radius 3 is 2.43 bits per heavy atom. The van der Waals surface area contributed by atoms with Crippen LogP contribution in [-0.2, 0) is 15.4 Å². The molecular formula is C17H13ClF3N3O3S. The number of halogens is 4. The van der Waals surface area contributed by atoms with Crippen LogP contribution in [0.25, 0.3) is 16.9 Å². The van der Waals surface area contributed by atoms with E-state index < -0.39 is 26.9 Å². The van der Waals surface area contributed by atoms with Crippen LogP contribution in [0.5, 0.6) is 5.75 Å². The SMILES string of the molecule is COc1ccc(-c2cc(C(F)(F)Cl)nn2-c2ccccc2S(N)(=O)=O)cc1F. The standard InChI is InChI=1S/C17H13ClF3N3O3S/c1-27-14-7-6-10(8-11(14)19)13-9-16(17(18,20)21)23-24(13)12-4-2-3-5-15(12)28(22,25)26/h2-9H,1H3,(H2,22,25,26). The highest BCUT2D eigenvalue weighted by Crippen LogP contribution is 2.36. The number of methoxy groups -OCH3 is 1. The van der Waals surface area contributed by atoms with E-state index in [0.717, 1.165) is 16.8 Å². The average Bonchev–Trinajstić information content (AvgIpc) is 3.06. The van der Waals surface area contributed by atoms with Crippen molar-refractivity contribution in [3.63, 3.8) is 0 Å². The lowest BCUT2D eigenvalue weighted by molar-refractivity contribution is 0.0895. The molecule has 0 unspecified atom stereocenters. The van der Waals surface area contributed by atoms with Crippen LogP contribution < -0.4 is 9.88 Å². The Labute approximate surface area is 163 Å².